The van der Waals surface area contributed by atoms with Gasteiger partial charge in [-0.15, -0.1) is 0 Å². The number of fused-ring (bicyclic) bond motifs is 1. The van der Waals surface area contributed by atoms with E-state index in [1.54, 1.807) is 6.07 Å². The van der Waals surface area contributed by atoms with Crippen LogP contribution in [-0.2, 0) is 16.0 Å². The molecule has 0 bridgehead atoms. The largest absolute Gasteiger partial charge is 0.489 e. The van der Waals surface area contributed by atoms with Crippen LogP contribution < -0.4 is 10.4 Å². The molecule has 1 amide bonds. The van der Waals surface area contributed by atoms with Crippen LogP contribution in [0.5, 0.6) is 5.75 Å². The van der Waals surface area contributed by atoms with Gasteiger partial charge in [0.25, 0.3) is 0 Å². The summed E-state index contributed by atoms with van der Waals surface area (Å²) in [4.78, 5) is 27.4. The van der Waals surface area contributed by atoms with E-state index >= 15 is 0 Å². The summed E-state index contributed by atoms with van der Waals surface area (Å²) >= 11 is 0. The second kappa shape index (κ2) is 10.0. The van der Waals surface area contributed by atoms with Crippen molar-refractivity contribution in [3.63, 3.8) is 0 Å². The number of hydrogen-bond acceptors (Lipinski definition) is 5. The molecular weight excluding hydrogens is 418 g/mol. The average molecular weight is 448 g/mol. The van der Waals surface area contributed by atoms with E-state index in [0.29, 0.717) is 49.6 Å². The maximum atomic E-state index is 12.9. The minimum absolute atomic E-state index is 0.0154. The molecule has 0 spiro atoms. The molecule has 0 aliphatic carbocycles. The number of benzene rings is 2. The summed E-state index contributed by atoms with van der Waals surface area (Å²) in [7, 11) is 0. The fourth-order valence-electron chi connectivity index (χ4n) is 4.10. The molecule has 6 nitrogen and oxygen atoms in total. The number of hydrogen-bond donors (Lipinski definition) is 0. The van der Waals surface area contributed by atoms with Gasteiger partial charge >= 0.3 is 5.63 Å². The first-order valence-electron chi connectivity index (χ1n) is 11.2. The molecule has 2 heterocycles. The highest BCUT2D eigenvalue weighted by Gasteiger charge is 2.25. The number of rotatable bonds is 7. The zero-order valence-electron chi connectivity index (χ0n) is 19.1. The van der Waals surface area contributed by atoms with Gasteiger partial charge in [-0.25, -0.2) is 4.79 Å². The first-order chi connectivity index (χ1) is 15.9. The predicted molar refractivity (Wildman–Crippen MR) is 128 cm³/mol. The van der Waals surface area contributed by atoms with E-state index in [0.717, 1.165) is 22.1 Å². The Balaban J connectivity index is 1.45. The Bertz CT molecular complexity index is 1210. The Hall–Kier alpha value is -3.38. The highest BCUT2D eigenvalue weighted by molar-refractivity contribution is 5.83. The monoisotopic (exact) mass is 447 g/mol. The summed E-state index contributed by atoms with van der Waals surface area (Å²) < 4.78 is 17.1. The molecule has 1 saturated heterocycles. The third-order valence-corrected chi connectivity index (χ3v) is 5.92. The molecule has 1 aromatic heterocycles. The van der Waals surface area contributed by atoms with Crippen molar-refractivity contribution in [2.45, 2.75) is 32.8 Å². The topological polar surface area (TPSA) is 69.0 Å². The van der Waals surface area contributed by atoms with Gasteiger partial charge in [0, 0.05) is 30.0 Å². The summed E-state index contributed by atoms with van der Waals surface area (Å²) in [5, 5.41) is 0.843. The Kier molecular flexibility index (Phi) is 6.94. The Morgan fingerprint density at radius 3 is 2.76 bits per heavy atom. The molecule has 2 aromatic carbocycles. The van der Waals surface area contributed by atoms with Gasteiger partial charge in [0.15, 0.2) is 0 Å². The highest BCUT2D eigenvalue weighted by Crippen LogP contribution is 2.26. The van der Waals surface area contributed by atoms with Gasteiger partial charge in [0.05, 0.1) is 13.2 Å². The highest BCUT2D eigenvalue weighted by atomic mass is 16.5. The van der Waals surface area contributed by atoms with Gasteiger partial charge < -0.3 is 18.8 Å². The molecule has 33 heavy (non-hydrogen) atoms. The molecule has 0 N–H and O–H groups in total. The third kappa shape index (κ3) is 5.34. The van der Waals surface area contributed by atoms with Crippen molar-refractivity contribution in [1.29, 1.82) is 0 Å². The lowest BCUT2D eigenvalue weighted by atomic mass is 10.0. The van der Waals surface area contributed by atoms with E-state index in [2.05, 4.69) is 6.58 Å². The minimum Gasteiger partial charge on any atom is -0.489 e. The lowest BCUT2D eigenvalue weighted by Gasteiger charge is -2.33. The summed E-state index contributed by atoms with van der Waals surface area (Å²) in [5.41, 5.74) is 3.42. The quantitative estimate of drug-likeness (QED) is 0.391. The van der Waals surface area contributed by atoms with Crippen LogP contribution in [0.2, 0.25) is 0 Å². The van der Waals surface area contributed by atoms with Crippen LogP contribution in [0.15, 0.2) is 69.9 Å². The Morgan fingerprint density at radius 1 is 1.21 bits per heavy atom. The number of carbonyl (C=O) groups excluding carboxylic acids is 1. The molecule has 1 aliphatic rings. The van der Waals surface area contributed by atoms with Crippen LogP contribution in [-0.4, -0.2) is 37.1 Å². The molecule has 6 heteroatoms. The zero-order valence-corrected chi connectivity index (χ0v) is 19.1. The Labute approximate surface area is 193 Å². The van der Waals surface area contributed by atoms with Crippen LogP contribution in [0, 0.1) is 6.92 Å². The average Bonchev–Trinajstić information content (AvgIpc) is 2.83. The molecule has 1 aliphatic heterocycles. The van der Waals surface area contributed by atoms with Gasteiger partial charge in [0.1, 0.15) is 24.0 Å². The molecule has 1 atom stereocenters. The molecule has 1 fully saturated rings. The molecule has 0 unspecified atom stereocenters. The normalized spacial score (nSPS) is 16.1. The Morgan fingerprint density at radius 2 is 2.00 bits per heavy atom. The second-order valence-corrected chi connectivity index (χ2v) is 8.51. The van der Waals surface area contributed by atoms with E-state index in [-0.39, 0.29) is 18.4 Å². The smallest absolute Gasteiger partial charge is 0.339 e. The number of carbonyl (C=O) groups is 1. The van der Waals surface area contributed by atoms with Crippen LogP contribution in [0.3, 0.4) is 0 Å². The number of morpholine rings is 1. The standard InChI is InChI=1S/C27H29NO5/c1-18(2)17-32-21-9-10-22-19(3)23(27(30)33-24(22)15-21)11-12-26(29)28-13-14-31-25(16-28)20-7-5-4-6-8-20/h4-10,15,25H,1,11-14,16-17H2,2-3H3/t25-/m1/s1. The lowest BCUT2D eigenvalue weighted by molar-refractivity contribution is -0.139. The van der Waals surface area contributed by atoms with E-state index in [9.17, 15) is 9.59 Å². The predicted octanol–water partition coefficient (Wildman–Crippen LogP) is 4.59. The van der Waals surface area contributed by atoms with Crippen molar-refractivity contribution in [1.82, 2.24) is 4.90 Å². The summed E-state index contributed by atoms with van der Waals surface area (Å²) in [6.07, 6.45) is 0.459. The lowest BCUT2D eigenvalue weighted by Crippen LogP contribution is -2.42. The van der Waals surface area contributed by atoms with Gasteiger partial charge in [0.2, 0.25) is 5.91 Å². The number of ether oxygens (including phenoxy) is 2. The summed E-state index contributed by atoms with van der Waals surface area (Å²) in [5.74, 6) is 0.637. The van der Waals surface area contributed by atoms with Crippen molar-refractivity contribution in [2.75, 3.05) is 26.3 Å². The van der Waals surface area contributed by atoms with Crippen molar-refractivity contribution < 1.29 is 18.7 Å². The molecular formula is C27H29NO5. The van der Waals surface area contributed by atoms with Gasteiger partial charge in [-0.1, -0.05) is 36.9 Å². The second-order valence-electron chi connectivity index (χ2n) is 8.51. The SMILES string of the molecule is C=C(C)COc1ccc2c(C)c(CCC(=O)N3CCO[C@@H](c4ccccc4)C3)c(=O)oc2c1. The third-order valence-electron chi connectivity index (χ3n) is 5.92. The maximum absolute atomic E-state index is 12.9. The van der Waals surface area contributed by atoms with Crippen LogP contribution in [0.4, 0.5) is 0 Å². The summed E-state index contributed by atoms with van der Waals surface area (Å²) in [6.45, 7) is 9.58. The first-order valence-corrected chi connectivity index (χ1v) is 11.2. The summed E-state index contributed by atoms with van der Waals surface area (Å²) in [6, 6.07) is 15.4. The number of amides is 1. The maximum Gasteiger partial charge on any atom is 0.339 e. The molecule has 3 aromatic rings. The fraction of sp³-hybridized carbons (Fsp3) is 0.333. The van der Waals surface area contributed by atoms with E-state index < -0.39 is 5.63 Å². The van der Waals surface area contributed by atoms with Crippen molar-refractivity contribution in [2.24, 2.45) is 0 Å². The zero-order chi connectivity index (χ0) is 23.4. The first kappa shape index (κ1) is 22.8. The minimum atomic E-state index is -0.408. The number of nitrogens with zero attached hydrogens (tertiary/aromatic N) is 1. The van der Waals surface area contributed by atoms with Crippen LogP contribution in [0.1, 0.15) is 36.1 Å². The van der Waals surface area contributed by atoms with E-state index in [4.69, 9.17) is 13.9 Å². The van der Waals surface area contributed by atoms with E-state index in [1.807, 2.05) is 61.2 Å². The van der Waals surface area contributed by atoms with Crippen molar-refractivity contribution >= 4 is 16.9 Å². The molecule has 172 valence electrons. The fourth-order valence-corrected chi connectivity index (χ4v) is 4.10. The van der Waals surface area contributed by atoms with Gasteiger partial charge in [-0.3, -0.25) is 4.79 Å². The van der Waals surface area contributed by atoms with Crippen molar-refractivity contribution in [3.05, 3.63) is 87.8 Å². The van der Waals surface area contributed by atoms with Crippen LogP contribution in [0.25, 0.3) is 11.0 Å². The number of aryl methyl sites for hydroxylation is 1. The molecule has 0 saturated carbocycles. The molecule has 4 rings (SSSR count). The van der Waals surface area contributed by atoms with Crippen molar-refractivity contribution in [3.8, 4) is 5.75 Å². The van der Waals surface area contributed by atoms with Gasteiger partial charge in [-0.05, 0) is 49.1 Å². The molecule has 0 radical (unpaired) electrons. The van der Waals surface area contributed by atoms with E-state index in [1.165, 1.54) is 0 Å². The van der Waals surface area contributed by atoms with Gasteiger partial charge in [-0.2, -0.15) is 0 Å². The van der Waals surface area contributed by atoms with Crippen LogP contribution >= 0.6 is 0 Å².